The van der Waals surface area contributed by atoms with Crippen molar-refractivity contribution in [1.29, 1.82) is 0 Å². The van der Waals surface area contributed by atoms with Crippen LogP contribution in [0.5, 0.6) is 0 Å². The zero-order chi connectivity index (χ0) is 15.7. The second-order valence-electron chi connectivity index (χ2n) is 5.23. The summed E-state index contributed by atoms with van der Waals surface area (Å²) >= 11 is 0. The number of urea groups is 1. The number of piperidine rings is 1. The summed E-state index contributed by atoms with van der Waals surface area (Å²) in [6.45, 7) is -0.0987. The van der Waals surface area contributed by atoms with Crippen molar-refractivity contribution in [2.75, 3.05) is 13.6 Å². The first-order valence-electron chi connectivity index (χ1n) is 6.59. The number of hydrogen-bond donors (Lipinski definition) is 3. The summed E-state index contributed by atoms with van der Waals surface area (Å²) in [4.78, 5) is 48.3. The largest absolute Gasteiger partial charge is 0.480 e. The lowest BCUT2D eigenvalue weighted by molar-refractivity contribution is -0.147. The van der Waals surface area contributed by atoms with Crippen molar-refractivity contribution in [2.45, 2.75) is 37.5 Å². The van der Waals surface area contributed by atoms with E-state index in [0.717, 1.165) is 9.80 Å². The van der Waals surface area contributed by atoms with Crippen LogP contribution in [0.1, 0.15) is 19.3 Å². The molecule has 0 aromatic rings. The van der Waals surface area contributed by atoms with Gasteiger partial charge in [0.25, 0.3) is 5.91 Å². The Hall–Kier alpha value is -2.16. The molecule has 9 heteroatoms. The summed E-state index contributed by atoms with van der Waals surface area (Å²) in [5, 5.41) is 21.0. The zero-order valence-corrected chi connectivity index (χ0v) is 11.5. The van der Waals surface area contributed by atoms with Gasteiger partial charge in [-0.1, -0.05) is 0 Å². The summed E-state index contributed by atoms with van der Waals surface area (Å²) in [6.07, 6.45) is -0.622. The molecular weight excluding hydrogens is 282 g/mol. The molecule has 3 N–H and O–H groups in total. The van der Waals surface area contributed by atoms with E-state index >= 15 is 0 Å². The number of likely N-dealkylation sites (tertiary alicyclic amines) is 2. The first-order chi connectivity index (χ1) is 9.81. The van der Waals surface area contributed by atoms with E-state index in [0.29, 0.717) is 0 Å². The SMILES string of the molecule is CN1C(=O)CCC(NC(=O)N2CC(O)CC2C(=O)O)C1=O. The second kappa shape index (κ2) is 5.68. The smallest absolute Gasteiger partial charge is 0.326 e. The van der Waals surface area contributed by atoms with E-state index in [-0.39, 0.29) is 31.7 Å². The minimum Gasteiger partial charge on any atom is -0.480 e. The Balaban J connectivity index is 2.02. The third-order valence-electron chi connectivity index (χ3n) is 3.77. The van der Waals surface area contributed by atoms with Gasteiger partial charge in [-0.05, 0) is 6.42 Å². The molecule has 0 aromatic carbocycles. The number of nitrogens with zero attached hydrogens (tertiary/aromatic N) is 2. The Labute approximate surface area is 120 Å². The maximum absolute atomic E-state index is 12.1. The van der Waals surface area contributed by atoms with Crippen LogP contribution >= 0.6 is 0 Å². The lowest BCUT2D eigenvalue weighted by atomic mass is 10.1. The van der Waals surface area contributed by atoms with Crippen LogP contribution in [0.3, 0.4) is 0 Å². The summed E-state index contributed by atoms with van der Waals surface area (Å²) in [6, 6.07) is -2.69. The average Bonchev–Trinajstić information content (AvgIpc) is 2.82. The number of aliphatic hydroxyl groups excluding tert-OH is 1. The van der Waals surface area contributed by atoms with Crippen LogP contribution in [0.15, 0.2) is 0 Å². The van der Waals surface area contributed by atoms with Gasteiger partial charge in [-0.25, -0.2) is 9.59 Å². The van der Waals surface area contributed by atoms with Gasteiger partial charge >= 0.3 is 12.0 Å². The quantitative estimate of drug-likeness (QED) is 0.525. The highest BCUT2D eigenvalue weighted by Crippen LogP contribution is 2.19. The molecule has 9 nitrogen and oxygen atoms in total. The summed E-state index contributed by atoms with van der Waals surface area (Å²) in [5.74, 6) is -2.04. The Morgan fingerprint density at radius 1 is 1.33 bits per heavy atom. The molecule has 0 spiro atoms. The van der Waals surface area contributed by atoms with Gasteiger partial charge in [0.05, 0.1) is 6.10 Å². The lowest BCUT2D eigenvalue weighted by Crippen LogP contribution is -2.56. The molecule has 2 fully saturated rings. The summed E-state index contributed by atoms with van der Waals surface area (Å²) in [7, 11) is 1.34. The van der Waals surface area contributed by atoms with E-state index in [1.54, 1.807) is 0 Å². The minimum atomic E-state index is -1.20. The first kappa shape index (κ1) is 15.2. The highest BCUT2D eigenvalue weighted by molar-refractivity contribution is 6.01. The number of rotatable bonds is 2. The molecule has 2 rings (SSSR count). The van der Waals surface area contributed by atoms with Crippen molar-refractivity contribution in [3.63, 3.8) is 0 Å². The van der Waals surface area contributed by atoms with Crippen LogP contribution in [-0.2, 0) is 14.4 Å². The molecule has 2 aliphatic rings. The van der Waals surface area contributed by atoms with E-state index in [1.807, 2.05) is 0 Å². The average molecular weight is 299 g/mol. The number of carboxylic acids is 1. The fourth-order valence-corrected chi connectivity index (χ4v) is 2.55. The van der Waals surface area contributed by atoms with Crippen molar-refractivity contribution in [1.82, 2.24) is 15.1 Å². The molecule has 21 heavy (non-hydrogen) atoms. The number of carboxylic acid groups (broad SMARTS) is 1. The van der Waals surface area contributed by atoms with Gasteiger partial charge < -0.3 is 20.4 Å². The number of aliphatic carboxylic acids is 1. The van der Waals surface area contributed by atoms with E-state index in [9.17, 15) is 24.3 Å². The van der Waals surface area contributed by atoms with Crippen molar-refractivity contribution in [3.05, 3.63) is 0 Å². The molecule has 0 radical (unpaired) electrons. The highest BCUT2D eigenvalue weighted by Gasteiger charge is 2.41. The molecule has 0 saturated carbocycles. The predicted octanol–water partition coefficient (Wildman–Crippen LogP) is -1.64. The Morgan fingerprint density at radius 2 is 2.00 bits per heavy atom. The Kier molecular flexibility index (Phi) is 4.12. The van der Waals surface area contributed by atoms with Crippen LogP contribution in [0, 0.1) is 0 Å². The second-order valence-corrected chi connectivity index (χ2v) is 5.23. The molecular formula is C12H17N3O6. The molecule has 3 atom stereocenters. The number of imide groups is 1. The Morgan fingerprint density at radius 3 is 2.62 bits per heavy atom. The van der Waals surface area contributed by atoms with Crippen molar-refractivity contribution in [3.8, 4) is 0 Å². The predicted molar refractivity (Wildman–Crippen MR) is 68.1 cm³/mol. The molecule has 0 aliphatic carbocycles. The van der Waals surface area contributed by atoms with Crippen molar-refractivity contribution in [2.24, 2.45) is 0 Å². The van der Waals surface area contributed by atoms with Crippen LogP contribution in [0.25, 0.3) is 0 Å². The van der Waals surface area contributed by atoms with Crippen molar-refractivity contribution >= 4 is 23.8 Å². The van der Waals surface area contributed by atoms with Crippen LogP contribution in [-0.4, -0.2) is 75.6 Å². The topological polar surface area (TPSA) is 127 Å². The van der Waals surface area contributed by atoms with Gasteiger partial charge in [0.2, 0.25) is 5.91 Å². The molecule has 0 bridgehead atoms. The number of amides is 4. The first-order valence-corrected chi connectivity index (χ1v) is 6.59. The van der Waals surface area contributed by atoms with Crippen LogP contribution in [0.4, 0.5) is 4.79 Å². The standard InChI is InChI=1S/C12H17N3O6/c1-14-9(17)3-2-7(10(14)18)13-12(21)15-5-6(16)4-8(15)11(19)20/h6-8,16H,2-5H2,1H3,(H,13,21)(H,19,20). The number of hydrogen-bond acceptors (Lipinski definition) is 5. The van der Waals surface area contributed by atoms with Gasteiger partial charge in [0.1, 0.15) is 12.1 Å². The molecule has 0 aromatic heterocycles. The van der Waals surface area contributed by atoms with Crippen molar-refractivity contribution < 1.29 is 29.4 Å². The number of likely N-dealkylation sites (N-methyl/N-ethyl adjacent to an activating group) is 1. The highest BCUT2D eigenvalue weighted by atomic mass is 16.4. The molecule has 3 unspecified atom stereocenters. The maximum Gasteiger partial charge on any atom is 0.326 e. The van der Waals surface area contributed by atoms with E-state index in [1.165, 1.54) is 7.05 Å². The van der Waals surface area contributed by atoms with E-state index in [2.05, 4.69) is 5.32 Å². The monoisotopic (exact) mass is 299 g/mol. The molecule has 2 aliphatic heterocycles. The summed E-state index contributed by atoms with van der Waals surface area (Å²) in [5.41, 5.74) is 0. The fourth-order valence-electron chi connectivity index (χ4n) is 2.55. The van der Waals surface area contributed by atoms with Crippen LogP contribution in [0.2, 0.25) is 0 Å². The number of carbonyl (C=O) groups excluding carboxylic acids is 3. The minimum absolute atomic E-state index is 0.0419. The fraction of sp³-hybridized carbons (Fsp3) is 0.667. The number of carbonyl (C=O) groups is 4. The molecule has 116 valence electrons. The van der Waals surface area contributed by atoms with Gasteiger partial charge in [0, 0.05) is 26.4 Å². The van der Waals surface area contributed by atoms with Gasteiger partial charge in [-0.3, -0.25) is 14.5 Å². The number of aliphatic hydroxyl groups is 1. The maximum atomic E-state index is 12.1. The van der Waals surface area contributed by atoms with Gasteiger partial charge in [-0.15, -0.1) is 0 Å². The number of β-amino-alcohol motifs (C(OH)–C–C–N with tert-alkyl or cyclic N) is 1. The number of nitrogens with one attached hydrogen (secondary N) is 1. The molecule has 2 saturated heterocycles. The molecule has 4 amide bonds. The zero-order valence-electron chi connectivity index (χ0n) is 11.5. The van der Waals surface area contributed by atoms with Gasteiger partial charge in [-0.2, -0.15) is 0 Å². The lowest BCUT2D eigenvalue weighted by Gasteiger charge is -2.30. The third kappa shape index (κ3) is 2.97. The Bertz CT molecular complexity index is 493. The van der Waals surface area contributed by atoms with Crippen LogP contribution < -0.4 is 5.32 Å². The third-order valence-corrected chi connectivity index (χ3v) is 3.77. The summed E-state index contributed by atoms with van der Waals surface area (Å²) < 4.78 is 0. The van der Waals surface area contributed by atoms with E-state index in [4.69, 9.17) is 5.11 Å². The molecule has 2 heterocycles. The van der Waals surface area contributed by atoms with E-state index < -0.39 is 36.1 Å². The van der Waals surface area contributed by atoms with Gasteiger partial charge in [0.15, 0.2) is 0 Å². The normalized spacial score (nSPS) is 29.7.